The van der Waals surface area contributed by atoms with Gasteiger partial charge in [0.25, 0.3) is 0 Å². The van der Waals surface area contributed by atoms with E-state index in [0.29, 0.717) is 0 Å². The number of benzene rings is 2. The van der Waals surface area contributed by atoms with Gasteiger partial charge in [-0.3, -0.25) is 4.98 Å². The Balaban J connectivity index is 2.00. The fourth-order valence-corrected chi connectivity index (χ4v) is 4.26. The molecule has 0 aliphatic carbocycles. The van der Waals surface area contributed by atoms with Crippen molar-refractivity contribution >= 4 is 22.1 Å². The highest BCUT2D eigenvalue weighted by atomic mass is 32.2. The number of aryl methyl sites for hydroxylation is 1. The Bertz CT molecular complexity index is 828. The molecule has 2 nitrogen and oxygen atoms in total. The molecule has 1 aromatic heterocycles. The number of rotatable bonds is 0. The molecule has 1 aliphatic heterocycles. The standard InChI is InChI=1S/C17H13NOS/c1-11-6-7-13-14-10-12-4-2-3-5-16(12)20(19)17(14)9-8-15(13)18-11/h2-9H,10H2,1H3. The third kappa shape index (κ3) is 1.67. The topological polar surface area (TPSA) is 36.0 Å². The summed E-state index contributed by atoms with van der Waals surface area (Å²) in [5, 5.41) is 1.12. The summed E-state index contributed by atoms with van der Waals surface area (Å²) >= 11 is -1.08. The maximum Gasteiger partial charge on any atom is 0.162 e. The van der Waals surface area contributed by atoms with E-state index in [9.17, 15) is 4.55 Å². The van der Waals surface area contributed by atoms with Crippen LogP contribution in [0.4, 0.5) is 0 Å². The van der Waals surface area contributed by atoms with Gasteiger partial charge in [0, 0.05) is 39.8 Å². The van der Waals surface area contributed by atoms with Crippen LogP contribution in [0.3, 0.4) is 0 Å². The molecule has 98 valence electrons. The third-order valence-electron chi connectivity index (χ3n) is 3.82. The second-order valence-electron chi connectivity index (χ2n) is 5.11. The van der Waals surface area contributed by atoms with Crippen LogP contribution >= 0.6 is 0 Å². The maximum atomic E-state index is 12.7. The van der Waals surface area contributed by atoms with Crippen LogP contribution in [0.1, 0.15) is 16.8 Å². The Labute approximate surface area is 120 Å². The van der Waals surface area contributed by atoms with Crippen molar-refractivity contribution in [3.8, 4) is 0 Å². The highest BCUT2D eigenvalue weighted by Crippen LogP contribution is 2.37. The minimum absolute atomic E-state index is 0.833. The van der Waals surface area contributed by atoms with Crippen molar-refractivity contribution in [3.63, 3.8) is 0 Å². The summed E-state index contributed by atoms with van der Waals surface area (Å²) in [6.07, 6.45) is 0.833. The van der Waals surface area contributed by atoms with Crippen molar-refractivity contribution < 1.29 is 4.55 Å². The molecule has 0 fully saturated rings. The molecule has 1 unspecified atom stereocenters. The molecule has 1 aliphatic rings. The summed E-state index contributed by atoms with van der Waals surface area (Å²) in [6, 6.07) is 16.1. The Morgan fingerprint density at radius 3 is 2.75 bits per heavy atom. The maximum absolute atomic E-state index is 12.7. The first kappa shape index (κ1) is 11.9. The predicted molar refractivity (Wildman–Crippen MR) is 80.4 cm³/mol. The van der Waals surface area contributed by atoms with Crippen molar-refractivity contribution in [2.45, 2.75) is 23.1 Å². The van der Waals surface area contributed by atoms with Gasteiger partial charge < -0.3 is 4.55 Å². The fraction of sp³-hybridized carbons (Fsp3) is 0.118. The highest BCUT2D eigenvalue weighted by molar-refractivity contribution is 7.91. The second-order valence-corrected chi connectivity index (χ2v) is 6.53. The van der Waals surface area contributed by atoms with E-state index in [-0.39, 0.29) is 0 Å². The van der Waals surface area contributed by atoms with E-state index in [0.717, 1.165) is 43.9 Å². The van der Waals surface area contributed by atoms with Crippen LogP contribution < -0.4 is 0 Å². The zero-order valence-corrected chi connectivity index (χ0v) is 11.9. The van der Waals surface area contributed by atoms with Crippen LogP contribution in [0.2, 0.25) is 0 Å². The van der Waals surface area contributed by atoms with Gasteiger partial charge >= 0.3 is 0 Å². The number of hydrogen-bond acceptors (Lipinski definition) is 2. The minimum Gasteiger partial charge on any atom is -0.606 e. The average Bonchev–Trinajstić information content (AvgIpc) is 2.47. The predicted octanol–water partition coefficient (Wildman–Crippen LogP) is 3.61. The zero-order chi connectivity index (χ0) is 13.7. The number of pyridine rings is 1. The van der Waals surface area contributed by atoms with Gasteiger partial charge in [-0.2, -0.15) is 0 Å². The summed E-state index contributed by atoms with van der Waals surface area (Å²) in [7, 11) is 0. The van der Waals surface area contributed by atoms with Gasteiger partial charge in [-0.1, -0.05) is 24.3 Å². The molecular weight excluding hydrogens is 266 g/mol. The van der Waals surface area contributed by atoms with Crippen LogP contribution in [-0.4, -0.2) is 9.54 Å². The molecular formula is C17H13NOS. The van der Waals surface area contributed by atoms with Crippen LogP contribution in [0.15, 0.2) is 58.3 Å². The van der Waals surface area contributed by atoms with Gasteiger partial charge in [0.2, 0.25) is 0 Å². The lowest BCUT2D eigenvalue weighted by molar-refractivity contribution is 0.591. The Kier molecular flexibility index (Phi) is 2.59. The molecule has 0 radical (unpaired) electrons. The number of fused-ring (bicyclic) bond motifs is 4. The molecule has 0 spiro atoms. The summed E-state index contributed by atoms with van der Waals surface area (Å²) < 4.78 is 12.7. The zero-order valence-electron chi connectivity index (χ0n) is 11.1. The molecule has 4 rings (SSSR count). The number of nitrogens with zero attached hydrogens (tertiary/aromatic N) is 1. The van der Waals surface area contributed by atoms with Gasteiger partial charge in [0.05, 0.1) is 5.52 Å². The Morgan fingerprint density at radius 1 is 1.00 bits per heavy atom. The van der Waals surface area contributed by atoms with E-state index < -0.39 is 11.2 Å². The van der Waals surface area contributed by atoms with Crippen molar-refractivity contribution in [3.05, 3.63) is 65.4 Å². The molecule has 2 heterocycles. The third-order valence-corrected chi connectivity index (χ3v) is 5.40. The quantitative estimate of drug-likeness (QED) is 0.589. The van der Waals surface area contributed by atoms with Crippen molar-refractivity contribution in [2.24, 2.45) is 0 Å². The van der Waals surface area contributed by atoms with E-state index in [1.54, 1.807) is 0 Å². The SMILES string of the molecule is Cc1ccc2c3c(ccc2n1)[S+]([O-])c1ccccc1C3. The van der Waals surface area contributed by atoms with Gasteiger partial charge in [-0.15, -0.1) is 0 Å². The van der Waals surface area contributed by atoms with Crippen LogP contribution in [-0.2, 0) is 17.6 Å². The second kappa shape index (κ2) is 4.33. The minimum atomic E-state index is -1.08. The average molecular weight is 279 g/mol. The first-order valence-electron chi connectivity index (χ1n) is 6.63. The van der Waals surface area contributed by atoms with Crippen molar-refractivity contribution in [1.82, 2.24) is 4.98 Å². The molecule has 1 atom stereocenters. The van der Waals surface area contributed by atoms with Crippen LogP contribution in [0, 0.1) is 6.92 Å². The van der Waals surface area contributed by atoms with E-state index in [2.05, 4.69) is 17.1 Å². The molecule has 0 N–H and O–H groups in total. The van der Waals surface area contributed by atoms with Gasteiger partial charge in [0.1, 0.15) is 0 Å². The van der Waals surface area contributed by atoms with Crippen molar-refractivity contribution in [2.75, 3.05) is 0 Å². The Morgan fingerprint density at radius 2 is 1.85 bits per heavy atom. The van der Waals surface area contributed by atoms with Crippen LogP contribution in [0.25, 0.3) is 10.9 Å². The molecule has 0 saturated carbocycles. The molecule has 3 heteroatoms. The van der Waals surface area contributed by atoms with E-state index in [1.807, 2.05) is 43.3 Å². The monoisotopic (exact) mass is 279 g/mol. The molecule has 0 saturated heterocycles. The van der Waals surface area contributed by atoms with Crippen LogP contribution in [0.5, 0.6) is 0 Å². The first-order valence-corrected chi connectivity index (χ1v) is 7.78. The van der Waals surface area contributed by atoms with Gasteiger partial charge in [-0.05, 0) is 31.2 Å². The lowest BCUT2D eigenvalue weighted by atomic mass is 9.99. The first-order chi connectivity index (χ1) is 9.74. The summed E-state index contributed by atoms with van der Waals surface area (Å²) in [4.78, 5) is 6.44. The number of hydrogen-bond donors (Lipinski definition) is 0. The molecule has 3 aromatic rings. The number of aromatic nitrogens is 1. The molecule has 2 aromatic carbocycles. The lowest BCUT2D eigenvalue weighted by Gasteiger charge is -2.22. The van der Waals surface area contributed by atoms with Gasteiger partial charge in [-0.25, -0.2) is 0 Å². The highest BCUT2D eigenvalue weighted by Gasteiger charge is 2.29. The Hall–Kier alpha value is -1.84. The largest absolute Gasteiger partial charge is 0.606 e. The summed E-state index contributed by atoms with van der Waals surface area (Å²) in [6.45, 7) is 1.99. The summed E-state index contributed by atoms with van der Waals surface area (Å²) in [5.74, 6) is 0. The van der Waals surface area contributed by atoms with Crippen molar-refractivity contribution in [1.29, 1.82) is 0 Å². The molecule has 0 bridgehead atoms. The summed E-state index contributed by atoms with van der Waals surface area (Å²) in [5.41, 5.74) is 4.31. The van der Waals surface area contributed by atoms with Gasteiger partial charge in [0.15, 0.2) is 9.79 Å². The smallest absolute Gasteiger partial charge is 0.162 e. The molecule has 20 heavy (non-hydrogen) atoms. The van der Waals surface area contributed by atoms with E-state index >= 15 is 0 Å². The fourth-order valence-electron chi connectivity index (χ4n) is 2.84. The normalized spacial score (nSPS) is 16.8. The lowest BCUT2D eigenvalue weighted by Crippen LogP contribution is -2.15. The molecule has 0 amide bonds. The van der Waals surface area contributed by atoms with E-state index in [4.69, 9.17) is 0 Å². The van der Waals surface area contributed by atoms with E-state index in [1.165, 1.54) is 0 Å².